The molecule has 3 rings (SSSR count). The van der Waals surface area contributed by atoms with Crippen molar-refractivity contribution in [3.63, 3.8) is 0 Å². The normalized spacial score (nSPS) is 14.7. The Labute approximate surface area is 156 Å². The molecule has 1 aliphatic rings. The highest BCUT2D eigenvalue weighted by atomic mass is 35.5. The first-order chi connectivity index (χ1) is 12.5. The van der Waals surface area contributed by atoms with Crippen LogP contribution in [0.4, 0.5) is 16.2 Å². The summed E-state index contributed by atoms with van der Waals surface area (Å²) in [5.41, 5.74) is 1.04. The molecule has 1 fully saturated rings. The van der Waals surface area contributed by atoms with Crippen molar-refractivity contribution < 1.29 is 14.7 Å². The third-order valence-corrected chi connectivity index (χ3v) is 4.63. The lowest BCUT2D eigenvalue weighted by atomic mass is 9.96. The molecule has 0 atom stereocenters. The number of hydrogen-bond acceptors (Lipinski definition) is 3. The van der Waals surface area contributed by atoms with Crippen LogP contribution in [0, 0.1) is 5.92 Å². The van der Waals surface area contributed by atoms with E-state index in [9.17, 15) is 14.7 Å². The van der Waals surface area contributed by atoms with Crippen molar-refractivity contribution in [2.75, 3.05) is 23.7 Å². The minimum absolute atomic E-state index is 0.0255. The maximum absolute atomic E-state index is 12.4. The summed E-state index contributed by atoms with van der Waals surface area (Å²) in [6, 6.07) is 13.6. The number of amides is 3. The molecule has 3 N–H and O–H groups in total. The van der Waals surface area contributed by atoms with Crippen LogP contribution >= 0.6 is 11.6 Å². The van der Waals surface area contributed by atoms with Crippen LogP contribution in [-0.2, 0) is 4.79 Å². The van der Waals surface area contributed by atoms with Crippen molar-refractivity contribution in [2.45, 2.75) is 12.8 Å². The summed E-state index contributed by atoms with van der Waals surface area (Å²) in [5, 5.41) is 15.8. The van der Waals surface area contributed by atoms with Gasteiger partial charge in [-0.05, 0) is 43.2 Å². The summed E-state index contributed by atoms with van der Waals surface area (Å²) in [6.07, 6.45) is 1.13. The number of carbonyl (C=O) groups excluding carboxylic acids is 2. The van der Waals surface area contributed by atoms with Gasteiger partial charge in [-0.25, -0.2) is 4.79 Å². The molecular formula is C19H20ClN3O3. The number of aromatic hydroxyl groups is 1. The molecule has 2 aromatic rings. The molecule has 0 unspecified atom stereocenters. The fourth-order valence-electron chi connectivity index (χ4n) is 2.91. The summed E-state index contributed by atoms with van der Waals surface area (Å²) < 4.78 is 0. The molecule has 6 nitrogen and oxygen atoms in total. The Kier molecular flexibility index (Phi) is 5.63. The van der Waals surface area contributed by atoms with E-state index in [1.54, 1.807) is 11.0 Å². The van der Waals surface area contributed by atoms with Crippen LogP contribution in [0.2, 0.25) is 5.02 Å². The number of phenols is 1. The predicted molar refractivity (Wildman–Crippen MR) is 102 cm³/mol. The molecule has 0 spiro atoms. The first-order valence-electron chi connectivity index (χ1n) is 8.43. The zero-order valence-electron chi connectivity index (χ0n) is 14.1. The van der Waals surface area contributed by atoms with Gasteiger partial charge in [-0.15, -0.1) is 0 Å². The van der Waals surface area contributed by atoms with Crippen molar-refractivity contribution >= 4 is 34.9 Å². The fourth-order valence-corrected chi connectivity index (χ4v) is 3.08. The van der Waals surface area contributed by atoms with Gasteiger partial charge in [0.25, 0.3) is 0 Å². The van der Waals surface area contributed by atoms with E-state index in [1.807, 2.05) is 30.3 Å². The molecule has 0 aromatic heterocycles. The van der Waals surface area contributed by atoms with Crippen molar-refractivity contribution in [3.05, 3.63) is 53.6 Å². The summed E-state index contributed by atoms with van der Waals surface area (Å²) in [7, 11) is 0. The van der Waals surface area contributed by atoms with E-state index in [0.29, 0.717) is 36.6 Å². The minimum atomic E-state index is -0.214. The summed E-state index contributed by atoms with van der Waals surface area (Å²) >= 11 is 5.89. The molecule has 26 heavy (non-hydrogen) atoms. The molecule has 1 heterocycles. The molecule has 0 bridgehead atoms. The van der Waals surface area contributed by atoms with Crippen molar-refractivity contribution in [2.24, 2.45) is 5.92 Å². The van der Waals surface area contributed by atoms with E-state index in [2.05, 4.69) is 10.6 Å². The van der Waals surface area contributed by atoms with Gasteiger partial charge in [-0.2, -0.15) is 0 Å². The number of para-hydroxylation sites is 1. The van der Waals surface area contributed by atoms with E-state index in [0.717, 1.165) is 5.69 Å². The molecule has 2 aromatic carbocycles. The Morgan fingerprint density at radius 3 is 2.42 bits per heavy atom. The van der Waals surface area contributed by atoms with Crippen molar-refractivity contribution in [3.8, 4) is 5.75 Å². The van der Waals surface area contributed by atoms with Crippen LogP contribution in [0.25, 0.3) is 0 Å². The Hall–Kier alpha value is -2.73. The summed E-state index contributed by atoms with van der Waals surface area (Å²) in [6.45, 7) is 0.997. The number of hydrogen-bond donors (Lipinski definition) is 3. The van der Waals surface area contributed by atoms with E-state index in [-0.39, 0.29) is 23.6 Å². The number of benzene rings is 2. The van der Waals surface area contributed by atoms with Crippen molar-refractivity contribution in [1.29, 1.82) is 0 Å². The topological polar surface area (TPSA) is 81.7 Å². The third-order valence-electron chi connectivity index (χ3n) is 4.39. The third kappa shape index (κ3) is 4.46. The lowest BCUT2D eigenvalue weighted by molar-refractivity contribution is -0.121. The Balaban J connectivity index is 1.52. The van der Waals surface area contributed by atoms with E-state index < -0.39 is 0 Å². The maximum atomic E-state index is 12.4. The van der Waals surface area contributed by atoms with Crippen molar-refractivity contribution in [1.82, 2.24) is 4.90 Å². The standard InChI is InChI=1S/C19H20ClN3O3/c20-14-6-7-17(24)16(12-14)22-18(25)13-8-10-23(11-9-13)19(26)21-15-4-2-1-3-5-15/h1-7,12-13,24H,8-11H2,(H,21,26)(H,22,25). The first kappa shape index (κ1) is 18.1. The second kappa shape index (κ2) is 8.10. The van der Waals surface area contributed by atoms with Gasteiger partial charge in [0, 0.05) is 29.7 Å². The SMILES string of the molecule is O=C(Nc1cc(Cl)ccc1O)C1CCN(C(=O)Nc2ccccc2)CC1. The molecule has 1 saturated heterocycles. The van der Waals surface area contributed by atoms with Crippen LogP contribution in [0.5, 0.6) is 5.75 Å². The number of nitrogens with zero attached hydrogens (tertiary/aromatic N) is 1. The minimum Gasteiger partial charge on any atom is -0.506 e. The fraction of sp³-hybridized carbons (Fsp3) is 0.263. The van der Waals surface area contributed by atoms with Gasteiger partial charge in [0.2, 0.25) is 5.91 Å². The lowest BCUT2D eigenvalue weighted by Crippen LogP contribution is -2.43. The highest BCUT2D eigenvalue weighted by molar-refractivity contribution is 6.31. The quantitative estimate of drug-likeness (QED) is 0.713. The van der Waals surface area contributed by atoms with E-state index in [1.165, 1.54) is 12.1 Å². The highest BCUT2D eigenvalue weighted by Gasteiger charge is 2.27. The van der Waals surface area contributed by atoms with Crippen LogP contribution in [0.1, 0.15) is 12.8 Å². The molecule has 0 aliphatic carbocycles. The Bertz CT molecular complexity index is 790. The van der Waals surface area contributed by atoms with Gasteiger partial charge in [0.15, 0.2) is 0 Å². The number of halogens is 1. The zero-order valence-corrected chi connectivity index (χ0v) is 14.9. The average Bonchev–Trinajstić information content (AvgIpc) is 2.65. The molecule has 3 amide bonds. The number of rotatable bonds is 3. The van der Waals surface area contributed by atoms with Crippen LogP contribution in [-0.4, -0.2) is 35.0 Å². The molecule has 0 saturated carbocycles. The van der Waals surface area contributed by atoms with Gasteiger partial charge in [0.05, 0.1) is 5.69 Å². The number of carbonyl (C=O) groups is 2. The smallest absolute Gasteiger partial charge is 0.321 e. The lowest BCUT2D eigenvalue weighted by Gasteiger charge is -2.31. The van der Waals surface area contributed by atoms with Gasteiger partial charge in [0.1, 0.15) is 5.75 Å². The first-order valence-corrected chi connectivity index (χ1v) is 8.81. The maximum Gasteiger partial charge on any atom is 0.321 e. The number of phenolic OH excluding ortho intramolecular Hbond substituents is 1. The van der Waals surface area contributed by atoms with Crippen LogP contribution in [0.15, 0.2) is 48.5 Å². The van der Waals surface area contributed by atoms with Gasteiger partial charge < -0.3 is 20.6 Å². The number of likely N-dealkylation sites (tertiary alicyclic amines) is 1. The Morgan fingerprint density at radius 1 is 1.04 bits per heavy atom. The average molecular weight is 374 g/mol. The number of piperidine rings is 1. The largest absolute Gasteiger partial charge is 0.506 e. The highest BCUT2D eigenvalue weighted by Crippen LogP contribution is 2.28. The zero-order chi connectivity index (χ0) is 18.5. The van der Waals surface area contributed by atoms with Gasteiger partial charge >= 0.3 is 6.03 Å². The summed E-state index contributed by atoms with van der Waals surface area (Å²) in [5.74, 6) is -0.415. The van der Waals surface area contributed by atoms with Crippen LogP contribution in [0.3, 0.4) is 0 Å². The molecule has 7 heteroatoms. The van der Waals surface area contributed by atoms with Gasteiger partial charge in [-0.1, -0.05) is 29.8 Å². The molecule has 136 valence electrons. The molecular weight excluding hydrogens is 354 g/mol. The van der Waals surface area contributed by atoms with E-state index in [4.69, 9.17) is 11.6 Å². The monoisotopic (exact) mass is 373 g/mol. The molecule has 0 radical (unpaired) electrons. The molecule has 1 aliphatic heterocycles. The van der Waals surface area contributed by atoms with Gasteiger partial charge in [-0.3, -0.25) is 4.79 Å². The Morgan fingerprint density at radius 2 is 1.73 bits per heavy atom. The number of urea groups is 1. The predicted octanol–water partition coefficient (Wildman–Crippen LogP) is 3.93. The van der Waals surface area contributed by atoms with Crippen LogP contribution < -0.4 is 10.6 Å². The summed E-state index contributed by atoms with van der Waals surface area (Å²) in [4.78, 5) is 26.4. The number of nitrogens with one attached hydrogen (secondary N) is 2. The number of anilines is 2. The second-order valence-corrected chi connectivity index (χ2v) is 6.64. The van der Waals surface area contributed by atoms with E-state index >= 15 is 0 Å². The second-order valence-electron chi connectivity index (χ2n) is 6.21.